The Kier molecular flexibility index (Phi) is 2.90. The van der Waals surface area contributed by atoms with Crippen LogP contribution in [0.25, 0.3) is 0 Å². The lowest BCUT2D eigenvalue weighted by molar-refractivity contribution is 0.0951. The number of nitrogens with one attached hydrogen (secondary N) is 1. The number of aliphatic hydroxyl groups excluding tert-OH is 1. The molecule has 2 unspecified atom stereocenters. The molecule has 0 bridgehead atoms. The van der Waals surface area contributed by atoms with Gasteiger partial charge >= 0.3 is 0 Å². The van der Waals surface area contributed by atoms with Crippen LogP contribution in [0.4, 0.5) is 0 Å². The first-order chi connectivity index (χ1) is 5.11. The highest BCUT2D eigenvalue weighted by Crippen LogP contribution is 2.31. The third-order valence-electron chi connectivity index (χ3n) is 2.50. The molecule has 1 aliphatic carbocycles. The Morgan fingerprint density at radius 2 is 1.82 bits per heavy atom. The van der Waals surface area contributed by atoms with Gasteiger partial charge in [-0.05, 0) is 31.6 Å². The van der Waals surface area contributed by atoms with E-state index in [2.05, 4.69) is 26.1 Å². The van der Waals surface area contributed by atoms with E-state index in [0.717, 1.165) is 0 Å². The minimum Gasteiger partial charge on any atom is -0.378 e. The molecule has 0 amide bonds. The molecule has 0 spiro atoms. The van der Waals surface area contributed by atoms with E-state index in [1.165, 1.54) is 12.8 Å². The topological polar surface area (TPSA) is 32.3 Å². The van der Waals surface area contributed by atoms with Gasteiger partial charge in [0.05, 0.1) is 0 Å². The van der Waals surface area contributed by atoms with E-state index in [-0.39, 0.29) is 6.23 Å². The highest BCUT2D eigenvalue weighted by Gasteiger charge is 2.30. The molecule has 2 atom stereocenters. The fourth-order valence-corrected chi connectivity index (χ4v) is 1.01. The van der Waals surface area contributed by atoms with Gasteiger partial charge in [-0.2, -0.15) is 0 Å². The van der Waals surface area contributed by atoms with Crippen molar-refractivity contribution < 1.29 is 5.11 Å². The Morgan fingerprint density at radius 3 is 2.18 bits per heavy atom. The molecule has 0 aromatic carbocycles. The monoisotopic (exact) mass is 157 g/mol. The van der Waals surface area contributed by atoms with Crippen LogP contribution in [-0.4, -0.2) is 17.4 Å². The van der Waals surface area contributed by atoms with Gasteiger partial charge < -0.3 is 5.11 Å². The van der Waals surface area contributed by atoms with Crippen molar-refractivity contribution in [3.63, 3.8) is 0 Å². The van der Waals surface area contributed by atoms with Gasteiger partial charge in [0, 0.05) is 6.04 Å². The molecule has 2 nitrogen and oxygen atoms in total. The molecule has 0 radical (unpaired) electrons. The Labute approximate surface area is 69.0 Å². The van der Waals surface area contributed by atoms with Crippen LogP contribution >= 0.6 is 0 Å². The van der Waals surface area contributed by atoms with E-state index in [1.54, 1.807) is 0 Å². The smallest absolute Gasteiger partial charge is 0.107 e. The standard InChI is InChI=1S/C9H19NO/c1-6(2)7(3)10-9(11)8-4-5-8/h6-11H,4-5H2,1-3H3. The Balaban J connectivity index is 2.17. The average Bonchev–Trinajstić information content (AvgIpc) is 2.67. The fourth-order valence-electron chi connectivity index (χ4n) is 1.01. The van der Waals surface area contributed by atoms with Crippen molar-refractivity contribution in [3.8, 4) is 0 Å². The van der Waals surface area contributed by atoms with E-state index < -0.39 is 0 Å². The predicted molar refractivity (Wildman–Crippen MR) is 46.2 cm³/mol. The van der Waals surface area contributed by atoms with E-state index in [4.69, 9.17) is 0 Å². The summed E-state index contributed by atoms with van der Waals surface area (Å²) in [5.41, 5.74) is 0. The zero-order chi connectivity index (χ0) is 8.43. The number of hydrogen-bond donors (Lipinski definition) is 2. The zero-order valence-corrected chi connectivity index (χ0v) is 7.67. The maximum absolute atomic E-state index is 9.50. The lowest BCUT2D eigenvalue weighted by Gasteiger charge is -2.21. The molecule has 11 heavy (non-hydrogen) atoms. The van der Waals surface area contributed by atoms with Crippen molar-refractivity contribution in [1.29, 1.82) is 0 Å². The molecule has 0 heterocycles. The summed E-state index contributed by atoms with van der Waals surface area (Å²) >= 11 is 0. The minimum absolute atomic E-state index is 0.257. The van der Waals surface area contributed by atoms with Crippen LogP contribution in [0.1, 0.15) is 33.6 Å². The number of aliphatic hydroxyl groups is 1. The molecule has 0 aromatic rings. The van der Waals surface area contributed by atoms with Gasteiger partial charge in [-0.25, -0.2) is 0 Å². The molecule has 1 aliphatic rings. The van der Waals surface area contributed by atoms with Crippen LogP contribution in [0.2, 0.25) is 0 Å². The Morgan fingerprint density at radius 1 is 1.27 bits per heavy atom. The summed E-state index contributed by atoms with van der Waals surface area (Å²) in [6.07, 6.45) is 2.13. The van der Waals surface area contributed by atoms with Crippen molar-refractivity contribution in [1.82, 2.24) is 5.32 Å². The summed E-state index contributed by atoms with van der Waals surface area (Å²) in [5.74, 6) is 1.14. The van der Waals surface area contributed by atoms with Gasteiger partial charge in [0.2, 0.25) is 0 Å². The normalized spacial score (nSPS) is 23.7. The average molecular weight is 157 g/mol. The van der Waals surface area contributed by atoms with Gasteiger partial charge in [0.1, 0.15) is 6.23 Å². The summed E-state index contributed by atoms with van der Waals surface area (Å²) < 4.78 is 0. The largest absolute Gasteiger partial charge is 0.378 e. The van der Waals surface area contributed by atoms with E-state index in [1.807, 2.05) is 0 Å². The molecule has 0 saturated heterocycles. The van der Waals surface area contributed by atoms with E-state index in [9.17, 15) is 5.11 Å². The summed E-state index contributed by atoms with van der Waals surface area (Å²) in [4.78, 5) is 0. The third-order valence-corrected chi connectivity index (χ3v) is 2.50. The molecule has 1 rings (SSSR count). The van der Waals surface area contributed by atoms with Gasteiger partial charge in [0.15, 0.2) is 0 Å². The molecule has 2 heteroatoms. The van der Waals surface area contributed by atoms with Crippen molar-refractivity contribution >= 4 is 0 Å². The zero-order valence-electron chi connectivity index (χ0n) is 7.67. The predicted octanol–water partition coefficient (Wildman–Crippen LogP) is 1.35. The highest BCUT2D eigenvalue weighted by molar-refractivity contribution is 4.81. The van der Waals surface area contributed by atoms with E-state index in [0.29, 0.717) is 17.9 Å². The molecule has 0 aliphatic heterocycles. The summed E-state index contributed by atoms with van der Waals surface area (Å²) in [6.45, 7) is 6.45. The molecule has 1 fully saturated rings. The first kappa shape index (κ1) is 9.01. The number of rotatable bonds is 4. The molecule has 66 valence electrons. The summed E-state index contributed by atoms with van der Waals surface area (Å²) in [7, 11) is 0. The van der Waals surface area contributed by atoms with Gasteiger partial charge in [-0.15, -0.1) is 0 Å². The number of hydrogen-bond acceptors (Lipinski definition) is 2. The Hall–Kier alpha value is -0.0800. The summed E-state index contributed by atoms with van der Waals surface area (Å²) in [5, 5.41) is 12.7. The maximum atomic E-state index is 9.50. The molecular formula is C9H19NO. The first-order valence-corrected chi connectivity index (χ1v) is 4.55. The minimum atomic E-state index is -0.257. The van der Waals surface area contributed by atoms with Crippen LogP contribution in [0.3, 0.4) is 0 Å². The van der Waals surface area contributed by atoms with Gasteiger partial charge in [0.25, 0.3) is 0 Å². The second-order valence-corrected chi connectivity index (χ2v) is 3.98. The fraction of sp³-hybridized carbons (Fsp3) is 1.00. The van der Waals surface area contributed by atoms with Crippen molar-refractivity contribution in [2.75, 3.05) is 0 Å². The lowest BCUT2D eigenvalue weighted by Crippen LogP contribution is -2.40. The van der Waals surface area contributed by atoms with Crippen LogP contribution in [0.15, 0.2) is 0 Å². The maximum Gasteiger partial charge on any atom is 0.107 e. The molecular weight excluding hydrogens is 138 g/mol. The Bertz CT molecular complexity index is 115. The van der Waals surface area contributed by atoms with Gasteiger partial charge in [-0.1, -0.05) is 13.8 Å². The van der Waals surface area contributed by atoms with Gasteiger partial charge in [-0.3, -0.25) is 5.32 Å². The van der Waals surface area contributed by atoms with Crippen LogP contribution in [0.5, 0.6) is 0 Å². The molecule has 2 N–H and O–H groups in total. The van der Waals surface area contributed by atoms with Crippen LogP contribution in [-0.2, 0) is 0 Å². The third kappa shape index (κ3) is 2.80. The van der Waals surface area contributed by atoms with Crippen LogP contribution < -0.4 is 5.32 Å². The second-order valence-electron chi connectivity index (χ2n) is 3.98. The first-order valence-electron chi connectivity index (χ1n) is 4.55. The SMILES string of the molecule is CC(C)C(C)NC(O)C1CC1. The van der Waals surface area contributed by atoms with Crippen molar-refractivity contribution in [2.45, 2.75) is 45.9 Å². The highest BCUT2D eigenvalue weighted by atomic mass is 16.3. The van der Waals surface area contributed by atoms with Crippen molar-refractivity contribution in [2.24, 2.45) is 11.8 Å². The van der Waals surface area contributed by atoms with Crippen LogP contribution in [0, 0.1) is 11.8 Å². The van der Waals surface area contributed by atoms with Crippen molar-refractivity contribution in [3.05, 3.63) is 0 Å². The molecule has 1 saturated carbocycles. The summed E-state index contributed by atoms with van der Waals surface area (Å²) in [6, 6.07) is 0.422. The molecule has 0 aromatic heterocycles. The quantitative estimate of drug-likeness (QED) is 0.604. The van der Waals surface area contributed by atoms with E-state index >= 15 is 0 Å². The second kappa shape index (κ2) is 3.55. The lowest BCUT2D eigenvalue weighted by atomic mass is 10.1.